The van der Waals surface area contributed by atoms with Crippen molar-refractivity contribution in [3.05, 3.63) is 29.8 Å². The maximum atomic E-state index is 11.2. The molecular formula is C26H39Br2NO4S. The zero-order chi connectivity index (χ0) is 25.3. The highest BCUT2D eigenvalue weighted by Gasteiger charge is 2.06. The van der Waals surface area contributed by atoms with Crippen molar-refractivity contribution >= 4 is 41.9 Å². The summed E-state index contributed by atoms with van der Waals surface area (Å²) in [6.45, 7) is 2.33. The van der Waals surface area contributed by atoms with Crippen LogP contribution < -0.4 is 5.14 Å². The Morgan fingerprint density at radius 3 is 1.88 bits per heavy atom. The van der Waals surface area contributed by atoms with E-state index in [0.29, 0.717) is 25.4 Å². The summed E-state index contributed by atoms with van der Waals surface area (Å²) in [7, 11) is -3.68. The largest absolute Gasteiger partial charge is 0.369 e. The first-order valence-electron chi connectivity index (χ1n) is 11.8. The van der Waals surface area contributed by atoms with Crippen molar-refractivity contribution in [2.24, 2.45) is 5.14 Å². The van der Waals surface area contributed by atoms with E-state index in [-0.39, 0.29) is 4.90 Å². The number of halogens is 2. The molecule has 0 heterocycles. The van der Waals surface area contributed by atoms with Crippen LogP contribution in [0.5, 0.6) is 0 Å². The van der Waals surface area contributed by atoms with E-state index in [1.165, 1.54) is 63.5 Å². The van der Waals surface area contributed by atoms with Crippen molar-refractivity contribution in [3.63, 3.8) is 0 Å². The normalized spacial score (nSPS) is 10.5. The van der Waals surface area contributed by atoms with Crippen molar-refractivity contribution in [3.8, 4) is 24.2 Å². The Kier molecular flexibility index (Phi) is 23.2. The molecule has 1 aromatic rings. The zero-order valence-electron chi connectivity index (χ0n) is 20.1. The summed E-state index contributed by atoms with van der Waals surface area (Å²) < 4.78 is 33.0. The van der Waals surface area contributed by atoms with Gasteiger partial charge in [-0.1, -0.05) is 94.2 Å². The van der Waals surface area contributed by atoms with Crippen molar-refractivity contribution in [1.82, 2.24) is 0 Å². The van der Waals surface area contributed by atoms with Gasteiger partial charge in [-0.05, 0) is 43.9 Å². The molecule has 0 bridgehead atoms. The summed E-state index contributed by atoms with van der Waals surface area (Å²) in [6, 6.07) is 6.28. The molecule has 1 rings (SSSR count). The molecule has 0 spiro atoms. The number of sulfonamides is 1. The molecule has 5 nitrogen and oxygen atoms in total. The summed E-state index contributed by atoms with van der Waals surface area (Å²) in [5, 5.41) is 7.28. The fourth-order valence-corrected chi connectivity index (χ4v) is 4.15. The van der Waals surface area contributed by atoms with Gasteiger partial charge in [-0.15, -0.1) is 6.42 Å². The Morgan fingerprint density at radius 2 is 1.35 bits per heavy atom. The van der Waals surface area contributed by atoms with Crippen LogP contribution in [0, 0.1) is 24.2 Å². The number of terminal acetylenes is 1. The lowest BCUT2D eigenvalue weighted by Crippen LogP contribution is -2.12. The Balaban J connectivity index is 0.000000770. The van der Waals surface area contributed by atoms with E-state index in [0.717, 1.165) is 30.1 Å². The highest BCUT2D eigenvalue weighted by molar-refractivity contribution is 9.09. The number of hydrogen-bond donors (Lipinski definition) is 1. The van der Waals surface area contributed by atoms with Crippen LogP contribution in [0.2, 0.25) is 0 Å². The Hall–Kier alpha value is -0.870. The average Bonchev–Trinajstić information content (AvgIpc) is 2.82. The molecule has 0 unspecified atom stereocenters. The molecule has 0 aromatic heterocycles. The van der Waals surface area contributed by atoms with Gasteiger partial charge in [0.25, 0.3) is 0 Å². The fourth-order valence-electron chi connectivity index (χ4n) is 2.80. The molecule has 0 saturated carbocycles. The van der Waals surface area contributed by atoms with Crippen LogP contribution in [0.4, 0.5) is 0 Å². The van der Waals surface area contributed by atoms with Gasteiger partial charge in [0.05, 0.1) is 4.90 Å². The van der Waals surface area contributed by atoms with Crippen molar-refractivity contribution in [2.45, 2.75) is 69.1 Å². The minimum atomic E-state index is -3.68. The van der Waals surface area contributed by atoms with E-state index in [2.05, 4.69) is 49.6 Å². The minimum absolute atomic E-state index is 0.0729. The van der Waals surface area contributed by atoms with Crippen LogP contribution >= 0.6 is 31.9 Å². The molecule has 8 heteroatoms. The topological polar surface area (TPSA) is 78.6 Å². The molecule has 2 N–H and O–H groups in total. The van der Waals surface area contributed by atoms with Gasteiger partial charge in [0.2, 0.25) is 10.0 Å². The van der Waals surface area contributed by atoms with Crippen molar-refractivity contribution in [1.29, 1.82) is 0 Å². The number of primary sulfonamides is 1. The van der Waals surface area contributed by atoms with E-state index in [9.17, 15) is 8.42 Å². The molecule has 0 amide bonds. The summed E-state index contributed by atoms with van der Waals surface area (Å²) >= 11 is 6.82. The molecule has 0 fully saturated rings. The van der Waals surface area contributed by atoms with E-state index in [1.54, 1.807) is 12.1 Å². The molecule has 192 valence electrons. The summed E-state index contributed by atoms with van der Waals surface area (Å²) in [5.41, 5.74) is 0.616. The van der Waals surface area contributed by atoms with Crippen molar-refractivity contribution < 1.29 is 17.9 Å². The summed E-state index contributed by atoms with van der Waals surface area (Å²) in [6.07, 6.45) is 17.3. The van der Waals surface area contributed by atoms with Gasteiger partial charge in [0, 0.05) is 29.4 Å². The third kappa shape index (κ3) is 21.6. The maximum absolute atomic E-state index is 11.2. The van der Waals surface area contributed by atoms with Crippen LogP contribution in [0.15, 0.2) is 29.2 Å². The summed E-state index contributed by atoms with van der Waals surface area (Å²) in [5.74, 6) is 8.20. The first-order valence-corrected chi connectivity index (χ1v) is 15.6. The first-order chi connectivity index (χ1) is 16.5. The van der Waals surface area contributed by atoms with Gasteiger partial charge in [-0.25, -0.2) is 13.6 Å². The highest BCUT2D eigenvalue weighted by atomic mass is 79.9. The molecule has 0 aliphatic carbocycles. The van der Waals surface area contributed by atoms with E-state index in [1.807, 2.05) is 0 Å². The van der Waals surface area contributed by atoms with Gasteiger partial charge < -0.3 is 9.47 Å². The Labute approximate surface area is 224 Å². The lowest BCUT2D eigenvalue weighted by molar-refractivity contribution is 0.161. The maximum Gasteiger partial charge on any atom is 0.238 e. The van der Waals surface area contributed by atoms with Crippen LogP contribution in [0.25, 0.3) is 0 Å². The second-order valence-electron chi connectivity index (χ2n) is 7.60. The number of nitrogens with two attached hydrogens (primary N) is 1. The third-order valence-corrected chi connectivity index (χ3v) is 6.63. The highest BCUT2D eigenvalue weighted by Crippen LogP contribution is 2.09. The third-order valence-electron chi connectivity index (χ3n) is 4.60. The number of alkyl halides is 2. The molecule has 34 heavy (non-hydrogen) atoms. The number of hydrogen-bond acceptors (Lipinski definition) is 4. The molecule has 1 aromatic carbocycles. The molecule has 0 aliphatic rings. The van der Waals surface area contributed by atoms with Crippen LogP contribution in [-0.2, 0) is 19.5 Å². The number of ether oxygens (including phenoxy) is 2. The predicted molar refractivity (Wildman–Crippen MR) is 149 cm³/mol. The van der Waals surface area contributed by atoms with E-state index >= 15 is 0 Å². The van der Waals surface area contributed by atoms with E-state index in [4.69, 9.17) is 21.0 Å². The van der Waals surface area contributed by atoms with E-state index < -0.39 is 10.0 Å². The Morgan fingerprint density at radius 1 is 0.824 bits per heavy atom. The monoisotopic (exact) mass is 619 g/mol. The van der Waals surface area contributed by atoms with Crippen molar-refractivity contribution in [2.75, 3.05) is 37.1 Å². The first kappa shape index (κ1) is 33.1. The smallest absolute Gasteiger partial charge is 0.238 e. The van der Waals surface area contributed by atoms with Gasteiger partial charge in [0.15, 0.2) is 0 Å². The van der Waals surface area contributed by atoms with Gasteiger partial charge in [-0.2, -0.15) is 0 Å². The Bertz CT molecular complexity index is 829. The molecule has 0 radical (unpaired) electrons. The van der Waals surface area contributed by atoms with Crippen LogP contribution in [-0.4, -0.2) is 45.5 Å². The number of unbranched alkanes of at least 4 members (excludes halogenated alkanes) is 8. The quantitative estimate of drug-likeness (QED) is 0.131. The molecular weight excluding hydrogens is 582 g/mol. The lowest BCUT2D eigenvalue weighted by Gasteiger charge is -2.00. The number of benzene rings is 1. The lowest BCUT2D eigenvalue weighted by atomic mass is 10.2. The second-order valence-corrected chi connectivity index (χ2v) is 10.7. The standard InChI is InChI=1S/C16H22BrNO3S.C10H17BrO/c17-11-4-2-1-3-5-12-21-13-7-9-15-8-6-10-16(14-15)22(18,19)20;1-2-9-12-10-7-5-3-4-6-8-11/h6,8,10,14H,1-5,11-13H2,(H2,18,19,20);1H,3-10H2. The zero-order valence-corrected chi connectivity index (χ0v) is 24.1. The SMILES string of the molecule is C#CCOCCCCCCCBr.NS(=O)(=O)c1cccc(C#CCOCCCCCCCBr)c1. The van der Waals surface area contributed by atoms with Crippen LogP contribution in [0.1, 0.15) is 69.8 Å². The second kappa shape index (κ2) is 23.9. The minimum Gasteiger partial charge on any atom is -0.369 e. The van der Waals surface area contributed by atoms with Gasteiger partial charge in [-0.3, -0.25) is 0 Å². The summed E-state index contributed by atoms with van der Waals surface area (Å²) in [4.78, 5) is 0.0729. The molecule has 0 atom stereocenters. The average molecular weight is 621 g/mol. The molecule has 0 aliphatic heterocycles. The number of rotatable bonds is 17. The van der Waals surface area contributed by atoms with Gasteiger partial charge >= 0.3 is 0 Å². The van der Waals surface area contributed by atoms with Crippen LogP contribution in [0.3, 0.4) is 0 Å². The fraction of sp³-hybridized carbons (Fsp3) is 0.615. The van der Waals surface area contributed by atoms with Gasteiger partial charge in [0.1, 0.15) is 13.2 Å². The molecule has 0 saturated heterocycles. The predicted octanol–water partition coefficient (Wildman–Crippen LogP) is 6.03.